The number of ether oxygens (including phenoxy) is 1. The summed E-state index contributed by atoms with van der Waals surface area (Å²) >= 11 is 0. The van der Waals surface area contributed by atoms with Crippen LogP contribution >= 0.6 is 0 Å². The standard InChI is InChI=1S/C20H39NO3/c1-11-20(9,14-17(2,3)4)16(22)24-15-12-18(5,6)21(23-10)19(7,8)13-15/h15H,11-14H2,1-10H3. The average molecular weight is 342 g/mol. The van der Waals surface area contributed by atoms with Crippen molar-refractivity contribution in [3.05, 3.63) is 0 Å². The predicted octanol–water partition coefficient (Wildman–Crippen LogP) is 4.97. The van der Waals surface area contributed by atoms with E-state index in [0.29, 0.717) is 0 Å². The Kier molecular flexibility index (Phi) is 6.21. The molecule has 24 heavy (non-hydrogen) atoms. The molecular formula is C20H39NO3. The van der Waals surface area contributed by atoms with Crippen molar-refractivity contribution < 1.29 is 14.4 Å². The minimum atomic E-state index is -0.426. The molecule has 0 aromatic rings. The molecule has 0 radical (unpaired) electrons. The van der Waals surface area contributed by atoms with Crippen molar-refractivity contribution in [2.75, 3.05) is 7.11 Å². The Bertz CT molecular complexity index is 432. The molecule has 0 N–H and O–H groups in total. The van der Waals surface area contributed by atoms with Crippen LogP contribution in [0.3, 0.4) is 0 Å². The van der Waals surface area contributed by atoms with Crippen molar-refractivity contribution >= 4 is 5.97 Å². The van der Waals surface area contributed by atoms with E-state index in [1.54, 1.807) is 7.11 Å². The third kappa shape index (κ3) is 4.95. The van der Waals surface area contributed by atoms with Crippen LogP contribution in [0.15, 0.2) is 0 Å². The highest BCUT2D eigenvalue weighted by molar-refractivity contribution is 5.76. The van der Waals surface area contributed by atoms with Crippen LogP contribution in [0.2, 0.25) is 0 Å². The van der Waals surface area contributed by atoms with Crippen LogP contribution in [0.25, 0.3) is 0 Å². The first-order chi connectivity index (χ1) is 10.7. The Morgan fingerprint density at radius 3 is 1.88 bits per heavy atom. The first-order valence-electron chi connectivity index (χ1n) is 9.22. The number of hydrogen-bond donors (Lipinski definition) is 0. The largest absolute Gasteiger partial charge is 0.462 e. The molecule has 142 valence electrons. The highest BCUT2D eigenvalue weighted by Gasteiger charge is 2.48. The highest BCUT2D eigenvalue weighted by atomic mass is 16.7. The van der Waals surface area contributed by atoms with Crippen LogP contribution in [0.5, 0.6) is 0 Å². The lowest BCUT2D eigenvalue weighted by molar-refractivity contribution is -0.279. The fraction of sp³-hybridized carbons (Fsp3) is 0.950. The Labute approximate surface area is 149 Å². The number of hydroxylamine groups is 2. The lowest BCUT2D eigenvalue weighted by atomic mass is 9.73. The minimum absolute atomic E-state index is 0.0533. The number of carbonyl (C=O) groups excluding carboxylic acids is 1. The molecule has 1 saturated heterocycles. The predicted molar refractivity (Wildman–Crippen MR) is 98.6 cm³/mol. The summed E-state index contributed by atoms with van der Waals surface area (Å²) in [5.74, 6) is -0.0533. The van der Waals surface area contributed by atoms with Gasteiger partial charge in [-0.05, 0) is 52.9 Å². The van der Waals surface area contributed by atoms with Gasteiger partial charge in [0.2, 0.25) is 0 Å². The number of piperidine rings is 1. The third-order valence-corrected chi connectivity index (χ3v) is 5.20. The van der Waals surface area contributed by atoms with Gasteiger partial charge >= 0.3 is 5.97 Å². The fourth-order valence-corrected chi connectivity index (χ4v) is 4.55. The number of nitrogens with zero attached hydrogens (tertiary/aromatic N) is 1. The van der Waals surface area contributed by atoms with Gasteiger partial charge in [-0.1, -0.05) is 27.7 Å². The van der Waals surface area contributed by atoms with E-state index in [9.17, 15) is 4.79 Å². The molecular weight excluding hydrogens is 302 g/mol. The summed E-state index contributed by atoms with van der Waals surface area (Å²) in [4.78, 5) is 18.6. The summed E-state index contributed by atoms with van der Waals surface area (Å²) < 4.78 is 6.04. The smallest absolute Gasteiger partial charge is 0.312 e. The molecule has 1 unspecified atom stereocenters. The van der Waals surface area contributed by atoms with Gasteiger partial charge in [-0.3, -0.25) is 4.79 Å². The highest BCUT2D eigenvalue weighted by Crippen LogP contribution is 2.42. The molecule has 4 nitrogen and oxygen atoms in total. The van der Waals surface area contributed by atoms with E-state index in [4.69, 9.17) is 9.57 Å². The van der Waals surface area contributed by atoms with Gasteiger partial charge in [0.05, 0.1) is 12.5 Å². The summed E-state index contributed by atoms with van der Waals surface area (Å²) in [6.45, 7) is 19.2. The molecule has 1 rings (SSSR count). The molecule has 0 saturated carbocycles. The van der Waals surface area contributed by atoms with Crippen LogP contribution in [0.1, 0.15) is 88.0 Å². The van der Waals surface area contributed by atoms with Crippen LogP contribution in [-0.2, 0) is 14.4 Å². The van der Waals surface area contributed by atoms with E-state index in [1.165, 1.54) is 0 Å². The lowest BCUT2D eigenvalue weighted by Gasteiger charge is -2.53. The number of rotatable bonds is 5. The molecule has 1 aliphatic rings. The zero-order chi connectivity index (χ0) is 19.0. The molecule has 0 spiro atoms. The zero-order valence-electron chi connectivity index (χ0n) is 17.6. The normalized spacial score (nSPS) is 24.4. The maximum atomic E-state index is 12.9. The van der Waals surface area contributed by atoms with Crippen molar-refractivity contribution in [3.63, 3.8) is 0 Å². The van der Waals surface area contributed by atoms with E-state index >= 15 is 0 Å². The van der Waals surface area contributed by atoms with Gasteiger partial charge in [-0.15, -0.1) is 0 Å². The minimum Gasteiger partial charge on any atom is -0.462 e. The van der Waals surface area contributed by atoms with Crippen LogP contribution in [-0.4, -0.2) is 35.3 Å². The second-order valence-electron chi connectivity index (χ2n) is 10.2. The second kappa shape index (κ2) is 6.95. The van der Waals surface area contributed by atoms with Crippen molar-refractivity contribution in [1.29, 1.82) is 0 Å². The van der Waals surface area contributed by atoms with Crippen LogP contribution in [0, 0.1) is 10.8 Å². The van der Waals surface area contributed by atoms with E-state index in [1.807, 2.05) is 12.0 Å². The van der Waals surface area contributed by atoms with Gasteiger partial charge < -0.3 is 9.57 Å². The van der Waals surface area contributed by atoms with Gasteiger partial charge in [0.1, 0.15) is 6.10 Å². The van der Waals surface area contributed by atoms with E-state index < -0.39 is 5.41 Å². The van der Waals surface area contributed by atoms with Crippen molar-refractivity contribution in [1.82, 2.24) is 5.06 Å². The Morgan fingerprint density at radius 2 is 1.54 bits per heavy atom. The first kappa shape index (κ1) is 21.4. The molecule has 1 atom stereocenters. The number of esters is 1. The summed E-state index contributed by atoms with van der Waals surface area (Å²) in [7, 11) is 1.72. The molecule has 4 heteroatoms. The van der Waals surface area contributed by atoms with Gasteiger partial charge in [-0.25, -0.2) is 0 Å². The molecule has 0 aliphatic carbocycles. The molecule has 0 aromatic heterocycles. The van der Waals surface area contributed by atoms with Gasteiger partial charge in [0, 0.05) is 23.9 Å². The van der Waals surface area contributed by atoms with Crippen molar-refractivity contribution in [3.8, 4) is 0 Å². The van der Waals surface area contributed by atoms with E-state index in [2.05, 4.69) is 55.4 Å². The molecule has 0 amide bonds. The summed E-state index contributed by atoms with van der Waals surface area (Å²) in [5.41, 5.74) is -0.672. The number of hydrogen-bond acceptors (Lipinski definition) is 4. The monoisotopic (exact) mass is 341 g/mol. The Morgan fingerprint density at radius 1 is 1.08 bits per heavy atom. The molecule has 1 fully saturated rings. The Balaban J connectivity index is 2.91. The van der Waals surface area contributed by atoms with Crippen molar-refractivity contribution in [2.24, 2.45) is 10.8 Å². The maximum Gasteiger partial charge on any atom is 0.312 e. The summed E-state index contributed by atoms with van der Waals surface area (Å²) in [6.07, 6.45) is 3.13. The average Bonchev–Trinajstić information content (AvgIpc) is 2.33. The van der Waals surface area contributed by atoms with E-state index in [-0.39, 0.29) is 28.6 Å². The number of carbonyl (C=O) groups is 1. The van der Waals surface area contributed by atoms with Gasteiger partial charge in [0.15, 0.2) is 0 Å². The zero-order valence-corrected chi connectivity index (χ0v) is 17.6. The fourth-order valence-electron chi connectivity index (χ4n) is 4.55. The first-order valence-corrected chi connectivity index (χ1v) is 9.22. The van der Waals surface area contributed by atoms with Crippen LogP contribution < -0.4 is 0 Å². The SMILES string of the molecule is CCC(C)(CC(C)(C)C)C(=O)OC1CC(C)(C)N(OC)C(C)(C)C1. The van der Waals surface area contributed by atoms with Gasteiger partial charge in [-0.2, -0.15) is 5.06 Å². The van der Waals surface area contributed by atoms with E-state index in [0.717, 1.165) is 25.7 Å². The molecule has 1 aliphatic heterocycles. The second-order valence-corrected chi connectivity index (χ2v) is 10.2. The Hall–Kier alpha value is -0.610. The lowest BCUT2D eigenvalue weighted by Crippen LogP contribution is -2.61. The quantitative estimate of drug-likeness (QED) is 0.662. The topological polar surface area (TPSA) is 38.8 Å². The molecule has 0 aromatic carbocycles. The van der Waals surface area contributed by atoms with Crippen LogP contribution in [0.4, 0.5) is 0 Å². The third-order valence-electron chi connectivity index (χ3n) is 5.20. The summed E-state index contributed by atoms with van der Waals surface area (Å²) in [5, 5.41) is 2.04. The molecule has 0 bridgehead atoms. The van der Waals surface area contributed by atoms with Gasteiger partial charge in [0.25, 0.3) is 0 Å². The maximum absolute atomic E-state index is 12.9. The van der Waals surface area contributed by atoms with Crippen molar-refractivity contribution in [2.45, 2.75) is 105 Å². The summed E-state index contributed by atoms with van der Waals surface area (Å²) in [6, 6.07) is 0. The molecule has 1 heterocycles.